The second-order valence-electron chi connectivity index (χ2n) is 5.42. The van der Waals surface area contributed by atoms with E-state index in [0.29, 0.717) is 24.9 Å². The average Bonchev–Trinajstić information content (AvgIpc) is 3.03. The Kier molecular flexibility index (Phi) is 4.70. The zero-order valence-electron chi connectivity index (χ0n) is 11.5. The maximum absolute atomic E-state index is 5.87. The van der Waals surface area contributed by atoms with Crippen LogP contribution in [0.5, 0.6) is 5.75 Å². The minimum Gasteiger partial charge on any atom is -0.492 e. The molecule has 2 aliphatic rings. The standard InChI is InChI=1S/C15H19Br2NO2/c1-2-19-15-11(16)5-9(6-12(15)17)8-18-13-7-10-3-4-14(13)20-10/h5-6,10,13-14,18H,2-4,7-8H2,1H3. The first-order chi connectivity index (χ1) is 9.67. The molecular formula is C15H19Br2NO2. The van der Waals surface area contributed by atoms with Gasteiger partial charge in [0.2, 0.25) is 0 Å². The highest BCUT2D eigenvalue weighted by atomic mass is 79.9. The Morgan fingerprint density at radius 1 is 1.30 bits per heavy atom. The maximum atomic E-state index is 5.87. The molecule has 20 heavy (non-hydrogen) atoms. The van der Waals surface area contributed by atoms with Gasteiger partial charge < -0.3 is 14.8 Å². The molecule has 1 aromatic rings. The minimum atomic E-state index is 0.426. The summed E-state index contributed by atoms with van der Waals surface area (Å²) < 4.78 is 13.5. The van der Waals surface area contributed by atoms with E-state index in [1.54, 1.807) is 0 Å². The third kappa shape index (κ3) is 3.06. The van der Waals surface area contributed by atoms with Gasteiger partial charge in [-0.15, -0.1) is 0 Å². The van der Waals surface area contributed by atoms with Crippen LogP contribution in [0.15, 0.2) is 21.1 Å². The van der Waals surface area contributed by atoms with Gasteiger partial charge in [-0.1, -0.05) is 0 Å². The largest absolute Gasteiger partial charge is 0.492 e. The maximum Gasteiger partial charge on any atom is 0.147 e. The second kappa shape index (κ2) is 6.34. The summed E-state index contributed by atoms with van der Waals surface area (Å²) in [5, 5.41) is 3.63. The number of nitrogens with one attached hydrogen (secondary N) is 1. The van der Waals surface area contributed by atoms with E-state index in [-0.39, 0.29) is 0 Å². The molecule has 0 saturated carbocycles. The van der Waals surface area contributed by atoms with Crippen molar-refractivity contribution >= 4 is 31.9 Å². The van der Waals surface area contributed by atoms with Crippen molar-refractivity contribution in [1.29, 1.82) is 0 Å². The minimum absolute atomic E-state index is 0.426. The molecule has 0 radical (unpaired) electrons. The summed E-state index contributed by atoms with van der Waals surface area (Å²) in [6.45, 7) is 3.52. The monoisotopic (exact) mass is 403 g/mol. The molecule has 0 aliphatic carbocycles. The summed E-state index contributed by atoms with van der Waals surface area (Å²) in [5.41, 5.74) is 1.25. The van der Waals surface area contributed by atoms with E-state index in [1.807, 2.05) is 6.92 Å². The highest BCUT2D eigenvalue weighted by molar-refractivity contribution is 9.11. The fourth-order valence-electron chi connectivity index (χ4n) is 3.10. The van der Waals surface area contributed by atoms with Crippen LogP contribution in [0.1, 0.15) is 31.7 Å². The van der Waals surface area contributed by atoms with Crippen molar-refractivity contribution in [3.63, 3.8) is 0 Å². The van der Waals surface area contributed by atoms with Gasteiger partial charge in [-0.3, -0.25) is 0 Å². The van der Waals surface area contributed by atoms with Gasteiger partial charge in [0.1, 0.15) is 5.75 Å². The number of benzene rings is 1. The first-order valence-corrected chi connectivity index (χ1v) is 8.75. The molecule has 3 rings (SSSR count). The van der Waals surface area contributed by atoms with Crippen molar-refractivity contribution in [3.8, 4) is 5.75 Å². The third-order valence-corrected chi connectivity index (χ3v) is 5.20. The molecular weight excluding hydrogens is 386 g/mol. The predicted octanol–water partition coefficient (Wildman–Crippen LogP) is 4.02. The Morgan fingerprint density at radius 2 is 2.05 bits per heavy atom. The van der Waals surface area contributed by atoms with Crippen molar-refractivity contribution in [2.24, 2.45) is 0 Å². The van der Waals surface area contributed by atoms with Crippen molar-refractivity contribution in [2.75, 3.05) is 6.61 Å². The topological polar surface area (TPSA) is 30.5 Å². The number of hydrogen-bond donors (Lipinski definition) is 1. The smallest absolute Gasteiger partial charge is 0.147 e. The zero-order chi connectivity index (χ0) is 14.1. The van der Waals surface area contributed by atoms with Crippen LogP contribution >= 0.6 is 31.9 Å². The van der Waals surface area contributed by atoms with Crippen LogP contribution in [0.25, 0.3) is 0 Å². The van der Waals surface area contributed by atoms with Gasteiger partial charge in [0.15, 0.2) is 0 Å². The van der Waals surface area contributed by atoms with E-state index in [1.165, 1.54) is 18.4 Å². The number of halogens is 2. The fourth-order valence-corrected chi connectivity index (χ4v) is 4.61. The van der Waals surface area contributed by atoms with Crippen molar-refractivity contribution in [1.82, 2.24) is 5.32 Å². The van der Waals surface area contributed by atoms with E-state index >= 15 is 0 Å². The molecule has 0 amide bonds. The van der Waals surface area contributed by atoms with E-state index in [9.17, 15) is 0 Å². The molecule has 3 atom stereocenters. The lowest BCUT2D eigenvalue weighted by atomic mass is 9.95. The molecule has 110 valence electrons. The molecule has 0 aromatic heterocycles. The van der Waals surface area contributed by atoms with Crippen LogP contribution in [-0.2, 0) is 11.3 Å². The molecule has 1 aromatic carbocycles. The number of hydrogen-bond acceptors (Lipinski definition) is 3. The van der Waals surface area contributed by atoms with Crippen LogP contribution in [0.3, 0.4) is 0 Å². The molecule has 2 fully saturated rings. The van der Waals surface area contributed by atoms with Crippen LogP contribution in [0.2, 0.25) is 0 Å². The third-order valence-electron chi connectivity index (χ3n) is 4.02. The van der Waals surface area contributed by atoms with E-state index in [0.717, 1.165) is 27.7 Å². The first kappa shape index (κ1) is 14.8. The molecule has 3 unspecified atom stereocenters. The van der Waals surface area contributed by atoms with Crippen molar-refractivity contribution in [2.45, 2.75) is 51.0 Å². The molecule has 2 aliphatic heterocycles. The Labute approximate surface area is 136 Å². The summed E-state index contributed by atoms with van der Waals surface area (Å²) >= 11 is 7.16. The normalized spacial score (nSPS) is 28.1. The van der Waals surface area contributed by atoms with Crippen molar-refractivity contribution < 1.29 is 9.47 Å². The molecule has 5 heteroatoms. The Bertz CT molecular complexity index is 472. The predicted molar refractivity (Wildman–Crippen MR) is 86.2 cm³/mol. The van der Waals surface area contributed by atoms with Gasteiger partial charge in [0.05, 0.1) is 27.8 Å². The summed E-state index contributed by atoms with van der Waals surface area (Å²) in [6.07, 6.45) is 4.53. The van der Waals surface area contributed by atoms with Gasteiger partial charge in [-0.25, -0.2) is 0 Å². The number of rotatable bonds is 5. The van der Waals surface area contributed by atoms with Gasteiger partial charge in [0, 0.05) is 12.6 Å². The molecule has 0 spiro atoms. The fraction of sp³-hybridized carbons (Fsp3) is 0.600. The van der Waals surface area contributed by atoms with Gasteiger partial charge in [-0.05, 0) is 75.7 Å². The lowest BCUT2D eigenvalue weighted by Gasteiger charge is -2.20. The van der Waals surface area contributed by atoms with Gasteiger partial charge >= 0.3 is 0 Å². The molecule has 1 N–H and O–H groups in total. The lowest BCUT2D eigenvalue weighted by Crippen LogP contribution is -2.36. The molecule has 2 saturated heterocycles. The molecule has 2 heterocycles. The Hall–Kier alpha value is -0.100. The van der Waals surface area contributed by atoms with E-state index in [4.69, 9.17) is 9.47 Å². The van der Waals surface area contributed by atoms with Crippen LogP contribution in [0.4, 0.5) is 0 Å². The van der Waals surface area contributed by atoms with E-state index < -0.39 is 0 Å². The van der Waals surface area contributed by atoms with Crippen LogP contribution < -0.4 is 10.1 Å². The van der Waals surface area contributed by atoms with Gasteiger partial charge in [-0.2, -0.15) is 0 Å². The van der Waals surface area contributed by atoms with Crippen LogP contribution in [-0.4, -0.2) is 24.9 Å². The summed E-state index contributed by atoms with van der Waals surface area (Å²) in [6, 6.07) is 4.76. The summed E-state index contributed by atoms with van der Waals surface area (Å²) in [4.78, 5) is 0. The Morgan fingerprint density at radius 3 is 2.60 bits per heavy atom. The average molecular weight is 405 g/mol. The van der Waals surface area contributed by atoms with Crippen molar-refractivity contribution in [3.05, 3.63) is 26.6 Å². The zero-order valence-corrected chi connectivity index (χ0v) is 14.7. The molecule has 2 bridgehead atoms. The Balaban J connectivity index is 1.63. The van der Waals surface area contributed by atoms with E-state index in [2.05, 4.69) is 49.3 Å². The quantitative estimate of drug-likeness (QED) is 0.803. The summed E-state index contributed by atoms with van der Waals surface area (Å²) in [7, 11) is 0. The van der Waals surface area contributed by atoms with Gasteiger partial charge in [0.25, 0.3) is 0 Å². The second-order valence-corrected chi connectivity index (χ2v) is 7.13. The van der Waals surface area contributed by atoms with Crippen LogP contribution in [0, 0.1) is 0 Å². The summed E-state index contributed by atoms with van der Waals surface area (Å²) in [5.74, 6) is 0.875. The first-order valence-electron chi connectivity index (χ1n) is 7.17. The number of ether oxygens (including phenoxy) is 2. The highest BCUT2D eigenvalue weighted by Crippen LogP contribution is 2.36. The molecule has 3 nitrogen and oxygen atoms in total. The SMILES string of the molecule is CCOc1c(Br)cc(CNC2CC3CCC2O3)cc1Br. The number of fused-ring (bicyclic) bond motifs is 2. The highest BCUT2D eigenvalue weighted by Gasteiger charge is 2.40. The lowest BCUT2D eigenvalue weighted by molar-refractivity contribution is 0.0973.